The summed E-state index contributed by atoms with van der Waals surface area (Å²) in [4.78, 5) is 11.4. The molecule has 0 saturated carbocycles. The Morgan fingerprint density at radius 1 is 1.47 bits per heavy atom. The third kappa shape index (κ3) is 7.33. The van der Waals surface area contributed by atoms with Crippen LogP contribution >= 0.6 is 0 Å². The van der Waals surface area contributed by atoms with Crippen molar-refractivity contribution in [3.63, 3.8) is 0 Å². The maximum atomic E-state index is 11.4. The summed E-state index contributed by atoms with van der Waals surface area (Å²) in [5.41, 5.74) is 5.51. The fourth-order valence-corrected chi connectivity index (χ4v) is 1.40. The van der Waals surface area contributed by atoms with Gasteiger partial charge >= 0.3 is 0 Å². The Morgan fingerprint density at radius 3 is 2.60 bits per heavy atom. The highest BCUT2D eigenvalue weighted by molar-refractivity contribution is 5.76. The van der Waals surface area contributed by atoms with Crippen LogP contribution in [-0.4, -0.2) is 30.2 Å². The molecule has 2 atom stereocenters. The van der Waals surface area contributed by atoms with E-state index >= 15 is 0 Å². The lowest BCUT2D eigenvalue weighted by molar-refractivity contribution is -0.122. The standard InChI is InChI=1S/C11H24N2O2/c1-3-5-10(14)8-13-11(15)6-9(4-2)7-12/h9-10,14H,3-8,12H2,1-2H3,(H,13,15). The molecule has 0 bridgehead atoms. The first kappa shape index (κ1) is 14.4. The van der Waals surface area contributed by atoms with Gasteiger partial charge in [0.25, 0.3) is 0 Å². The Hall–Kier alpha value is -0.610. The number of hydrogen-bond donors (Lipinski definition) is 3. The minimum Gasteiger partial charge on any atom is -0.391 e. The highest BCUT2D eigenvalue weighted by Gasteiger charge is 2.11. The van der Waals surface area contributed by atoms with Crippen LogP contribution in [0.3, 0.4) is 0 Å². The Morgan fingerprint density at radius 2 is 2.13 bits per heavy atom. The first-order valence-electron chi connectivity index (χ1n) is 5.78. The van der Waals surface area contributed by atoms with Gasteiger partial charge in [-0.1, -0.05) is 26.7 Å². The van der Waals surface area contributed by atoms with Crippen molar-refractivity contribution in [1.29, 1.82) is 0 Å². The van der Waals surface area contributed by atoms with Crippen LogP contribution < -0.4 is 11.1 Å². The van der Waals surface area contributed by atoms with Gasteiger partial charge in [-0.15, -0.1) is 0 Å². The Bertz CT molecular complexity index is 170. The largest absolute Gasteiger partial charge is 0.391 e. The molecule has 4 nitrogen and oxygen atoms in total. The molecule has 0 aromatic rings. The Kier molecular flexibility index (Phi) is 8.33. The second kappa shape index (κ2) is 8.68. The molecule has 0 aromatic heterocycles. The Balaban J connectivity index is 3.64. The average Bonchev–Trinajstić information content (AvgIpc) is 2.23. The zero-order valence-corrected chi connectivity index (χ0v) is 9.83. The Labute approximate surface area is 92.2 Å². The SMILES string of the molecule is CCCC(O)CNC(=O)CC(CC)CN. The molecule has 2 unspecified atom stereocenters. The van der Waals surface area contributed by atoms with Gasteiger partial charge in [0.05, 0.1) is 6.10 Å². The average molecular weight is 216 g/mol. The molecule has 4 N–H and O–H groups in total. The van der Waals surface area contributed by atoms with Crippen molar-refractivity contribution in [1.82, 2.24) is 5.32 Å². The van der Waals surface area contributed by atoms with E-state index in [0.717, 1.165) is 19.3 Å². The summed E-state index contributed by atoms with van der Waals surface area (Å²) in [6.45, 7) is 4.93. The molecule has 4 heteroatoms. The predicted molar refractivity (Wildman–Crippen MR) is 61.4 cm³/mol. The summed E-state index contributed by atoms with van der Waals surface area (Å²) in [6.07, 6.45) is 2.62. The minimum atomic E-state index is -0.420. The summed E-state index contributed by atoms with van der Waals surface area (Å²) < 4.78 is 0. The van der Waals surface area contributed by atoms with E-state index in [4.69, 9.17) is 5.73 Å². The van der Waals surface area contributed by atoms with E-state index < -0.39 is 6.10 Å². The molecule has 1 amide bonds. The van der Waals surface area contributed by atoms with Gasteiger partial charge in [-0.3, -0.25) is 4.79 Å². The first-order chi connectivity index (χ1) is 7.13. The van der Waals surface area contributed by atoms with Crippen LogP contribution in [0.1, 0.15) is 39.5 Å². The topological polar surface area (TPSA) is 75.3 Å². The smallest absolute Gasteiger partial charge is 0.220 e. The van der Waals surface area contributed by atoms with Crippen LogP contribution in [0.25, 0.3) is 0 Å². The molecule has 15 heavy (non-hydrogen) atoms. The van der Waals surface area contributed by atoms with Gasteiger partial charge < -0.3 is 16.2 Å². The maximum absolute atomic E-state index is 11.4. The quantitative estimate of drug-likeness (QED) is 0.557. The molecule has 0 aromatic carbocycles. The van der Waals surface area contributed by atoms with Gasteiger partial charge in [0.15, 0.2) is 0 Å². The number of rotatable bonds is 8. The van der Waals surface area contributed by atoms with Gasteiger partial charge in [-0.25, -0.2) is 0 Å². The number of aliphatic hydroxyl groups is 1. The maximum Gasteiger partial charge on any atom is 0.220 e. The number of carbonyl (C=O) groups excluding carboxylic acids is 1. The van der Waals surface area contributed by atoms with Crippen molar-refractivity contribution in [2.45, 2.75) is 45.6 Å². The molecule has 90 valence electrons. The molecular formula is C11H24N2O2. The van der Waals surface area contributed by atoms with Gasteiger partial charge in [-0.2, -0.15) is 0 Å². The van der Waals surface area contributed by atoms with Crippen molar-refractivity contribution in [3.05, 3.63) is 0 Å². The van der Waals surface area contributed by atoms with Crippen molar-refractivity contribution < 1.29 is 9.90 Å². The van der Waals surface area contributed by atoms with Crippen LogP contribution in [0.15, 0.2) is 0 Å². The molecule has 0 aliphatic carbocycles. The van der Waals surface area contributed by atoms with E-state index in [1.165, 1.54) is 0 Å². The van der Waals surface area contributed by atoms with Crippen LogP contribution in [0.5, 0.6) is 0 Å². The van der Waals surface area contributed by atoms with Gasteiger partial charge in [0, 0.05) is 13.0 Å². The third-order valence-electron chi connectivity index (χ3n) is 2.54. The number of nitrogens with one attached hydrogen (secondary N) is 1. The zero-order chi connectivity index (χ0) is 11.7. The molecule has 0 fully saturated rings. The molecule has 0 aliphatic rings. The van der Waals surface area contributed by atoms with E-state index in [1.807, 2.05) is 13.8 Å². The highest BCUT2D eigenvalue weighted by Crippen LogP contribution is 2.05. The molecular weight excluding hydrogens is 192 g/mol. The lowest BCUT2D eigenvalue weighted by Gasteiger charge is -2.14. The third-order valence-corrected chi connectivity index (χ3v) is 2.54. The van der Waals surface area contributed by atoms with Crippen LogP contribution in [0, 0.1) is 5.92 Å². The number of hydrogen-bond acceptors (Lipinski definition) is 3. The molecule has 0 aliphatic heterocycles. The summed E-state index contributed by atoms with van der Waals surface area (Å²) >= 11 is 0. The van der Waals surface area contributed by atoms with Crippen molar-refractivity contribution in [3.8, 4) is 0 Å². The van der Waals surface area contributed by atoms with E-state index in [-0.39, 0.29) is 11.8 Å². The van der Waals surface area contributed by atoms with Gasteiger partial charge in [-0.05, 0) is 18.9 Å². The van der Waals surface area contributed by atoms with Gasteiger partial charge in [0.2, 0.25) is 5.91 Å². The fourth-order valence-electron chi connectivity index (χ4n) is 1.40. The number of carbonyl (C=O) groups is 1. The monoisotopic (exact) mass is 216 g/mol. The van der Waals surface area contributed by atoms with E-state index in [9.17, 15) is 9.90 Å². The summed E-state index contributed by atoms with van der Waals surface area (Å²) in [5, 5.41) is 12.1. The highest BCUT2D eigenvalue weighted by atomic mass is 16.3. The lowest BCUT2D eigenvalue weighted by Crippen LogP contribution is -2.34. The molecule has 0 heterocycles. The molecule has 0 radical (unpaired) electrons. The first-order valence-corrected chi connectivity index (χ1v) is 5.78. The van der Waals surface area contributed by atoms with Crippen LogP contribution in [0.2, 0.25) is 0 Å². The lowest BCUT2D eigenvalue weighted by atomic mass is 10.0. The summed E-state index contributed by atoms with van der Waals surface area (Å²) in [5.74, 6) is 0.246. The predicted octanol–water partition coefficient (Wildman–Crippen LogP) is 0.639. The van der Waals surface area contributed by atoms with E-state index in [2.05, 4.69) is 5.32 Å². The summed E-state index contributed by atoms with van der Waals surface area (Å²) in [7, 11) is 0. The van der Waals surface area contributed by atoms with E-state index in [1.54, 1.807) is 0 Å². The van der Waals surface area contributed by atoms with Crippen molar-refractivity contribution in [2.24, 2.45) is 11.7 Å². The number of aliphatic hydroxyl groups excluding tert-OH is 1. The zero-order valence-electron chi connectivity index (χ0n) is 9.83. The molecule has 0 spiro atoms. The second-order valence-electron chi connectivity index (χ2n) is 3.96. The molecule has 0 rings (SSSR count). The van der Waals surface area contributed by atoms with Gasteiger partial charge in [0.1, 0.15) is 0 Å². The minimum absolute atomic E-state index is 0.0116. The van der Waals surface area contributed by atoms with Crippen molar-refractivity contribution >= 4 is 5.91 Å². The normalized spacial score (nSPS) is 14.7. The summed E-state index contributed by atoms with van der Waals surface area (Å²) in [6, 6.07) is 0. The van der Waals surface area contributed by atoms with Crippen LogP contribution in [0.4, 0.5) is 0 Å². The van der Waals surface area contributed by atoms with Crippen molar-refractivity contribution in [2.75, 3.05) is 13.1 Å². The second-order valence-corrected chi connectivity index (χ2v) is 3.96. The fraction of sp³-hybridized carbons (Fsp3) is 0.909. The molecule has 0 saturated heterocycles. The van der Waals surface area contributed by atoms with E-state index in [0.29, 0.717) is 19.5 Å². The van der Waals surface area contributed by atoms with Crippen LogP contribution in [-0.2, 0) is 4.79 Å². The number of amides is 1. The number of nitrogens with two attached hydrogens (primary N) is 1.